The number of nitrogens with zero attached hydrogens (tertiary/aromatic N) is 4. The molecule has 0 bridgehead atoms. The van der Waals surface area contributed by atoms with Gasteiger partial charge in [0.15, 0.2) is 0 Å². The lowest BCUT2D eigenvalue weighted by atomic mass is 10.0. The van der Waals surface area contributed by atoms with Crippen molar-refractivity contribution in [3.63, 3.8) is 0 Å². The fourth-order valence-electron chi connectivity index (χ4n) is 6.96. The van der Waals surface area contributed by atoms with Crippen LogP contribution in [0.1, 0.15) is 5.56 Å². The van der Waals surface area contributed by atoms with E-state index in [4.69, 9.17) is 9.97 Å². The monoisotopic (exact) mass is 628 g/mol. The number of hydrogen-bond donors (Lipinski definition) is 0. The third kappa shape index (κ3) is 5.02. The molecule has 0 aliphatic rings. The maximum atomic E-state index is 5.17. The summed E-state index contributed by atoms with van der Waals surface area (Å²) < 4.78 is 2.35. The molecule has 0 saturated heterocycles. The number of para-hydroxylation sites is 4. The fraction of sp³-hybridized carbons (Fsp3) is 0.0222. The fourth-order valence-corrected chi connectivity index (χ4v) is 6.96. The highest BCUT2D eigenvalue weighted by Gasteiger charge is 2.18. The second-order valence-electron chi connectivity index (χ2n) is 12.3. The maximum absolute atomic E-state index is 5.17. The predicted octanol–water partition coefficient (Wildman–Crippen LogP) is 11.8. The molecule has 4 heteroatoms. The Morgan fingerprint density at radius 2 is 0.939 bits per heavy atom. The van der Waals surface area contributed by atoms with Gasteiger partial charge in [-0.05, 0) is 79.2 Å². The zero-order valence-corrected chi connectivity index (χ0v) is 27.0. The van der Waals surface area contributed by atoms with Crippen LogP contribution in [0.2, 0.25) is 0 Å². The van der Waals surface area contributed by atoms with Crippen LogP contribution in [0.15, 0.2) is 176 Å². The molecule has 0 fully saturated rings. The summed E-state index contributed by atoms with van der Waals surface area (Å²) in [7, 11) is 0. The maximum Gasteiger partial charge on any atom is 0.0973 e. The van der Waals surface area contributed by atoms with Gasteiger partial charge in [0.25, 0.3) is 0 Å². The van der Waals surface area contributed by atoms with Crippen molar-refractivity contribution in [3.05, 3.63) is 181 Å². The van der Waals surface area contributed by atoms with Crippen LogP contribution in [0.3, 0.4) is 0 Å². The first-order chi connectivity index (χ1) is 24.2. The van der Waals surface area contributed by atoms with E-state index in [9.17, 15) is 0 Å². The number of fused-ring (bicyclic) bond motifs is 4. The van der Waals surface area contributed by atoms with Crippen molar-refractivity contribution in [1.82, 2.24) is 14.5 Å². The molecule has 4 nitrogen and oxygen atoms in total. The molecule has 232 valence electrons. The largest absolute Gasteiger partial charge is 0.311 e. The van der Waals surface area contributed by atoms with Crippen molar-refractivity contribution in [2.75, 3.05) is 4.90 Å². The van der Waals surface area contributed by atoms with E-state index >= 15 is 0 Å². The zero-order valence-electron chi connectivity index (χ0n) is 27.0. The smallest absolute Gasteiger partial charge is 0.0973 e. The lowest BCUT2D eigenvalue weighted by Crippen LogP contribution is -2.10. The van der Waals surface area contributed by atoms with E-state index in [0.29, 0.717) is 0 Å². The van der Waals surface area contributed by atoms with Crippen molar-refractivity contribution in [3.8, 4) is 28.2 Å². The minimum Gasteiger partial charge on any atom is -0.311 e. The molecule has 0 amide bonds. The van der Waals surface area contributed by atoms with Gasteiger partial charge in [0.2, 0.25) is 0 Å². The van der Waals surface area contributed by atoms with Crippen LogP contribution < -0.4 is 4.90 Å². The molecule has 49 heavy (non-hydrogen) atoms. The number of anilines is 3. The van der Waals surface area contributed by atoms with E-state index in [1.54, 1.807) is 0 Å². The summed E-state index contributed by atoms with van der Waals surface area (Å²) >= 11 is 0. The van der Waals surface area contributed by atoms with Crippen LogP contribution in [0.4, 0.5) is 17.1 Å². The highest BCUT2D eigenvalue weighted by atomic mass is 15.1. The Bertz CT molecular complexity index is 2540. The van der Waals surface area contributed by atoms with Gasteiger partial charge in [0.1, 0.15) is 0 Å². The summed E-state index contributed by atoms with van der Waals surface area (Å²) in [4.78, 5) is 12.6. The van der Waals surface area contributed by atoms with Gasteiger partial charge in [-0.2, -0.15) is 0 Å². The number of aryl methyl sites for hydroxylation is 1. The van der Waals surface area contributed by atoms with Gasteiger partial charge < -0.3 is 9.47 Å². The Morgan fingerprint density at radius 1 is 0.429 bits per heavy atom. The summed E-state index contributed by atoms with van der Waals surface area (Å²) in [5.74, 6) is 0. The molecule has 0 spiro atoms. The summed E-state index contributed by atoms with van der Waals surface area (Å²) in [5.41, 5.74) is 13.5. The van der Waals surface area contributed by atoms with Gasteiger partial charge in [-0.15, -0.1) is 0 Å². The molecule has 2 aromatic heterocycles. The zero-order chi connectivity index (χ0) is 32.7. The number of rotatable bonds is 6. The summed E-state index contributed by atoms with van der Waals surface area (Å²) in [6, 6.07) is 61.9. The molecule has 0 saturated carbocycles. The van der Waals surface area contributed by atoms with Crippen molar-refractivity contribution in [2.24, 2.45) is 0 Å². The Kier molecular flexibility index (Phi) is 6.98. The number of benzene rings is 7. The second-order valence-corrected chi connectivity index (χ2v) is 12.3. The lowest BCUT2D eigenvalue weighted by Gasteiger charge is -2.26. The molecule has 0 aliphatic heterocycles. The Balaban J connectivity index is 1.14. The van der Waals surface area contributed by atoms with Crippen LogP contribution in [-0.2, 0) is 0 Å². The van der Waals surface area contributed by atoms with E-state index in [1.807, 2.05) is 18.2 Å². The Hall–Kier alpha value is -6.52. The third-order valence-electron chi connectivity index (χ3n) is 9.30. The molecule has 0 N–H and O–H groups in total. The van der Waals surface area contributed by atoms with E-state index in [-0.39, 0.29) is 0 Å². The molecule has 0 atom stereocenters. The molecule has 7 aromatic carbocycles. The lowest BCUT2D eigenvalue weighted by molar-refractivity contribution is 1.17. The molecule has 9 rings (SSSR count). The Morgan fingerprint density at radius 3 is 1.59 bits per heavy atom. The van der Waals surface area contributed by atoms with Gasteiger partial charge in [-0.25, -0.2) is 9.97 Å². The van der Waals surface area contributed by atoms with Gasteiger partial charge in [0, 0.05) is 44.6 Å². The molecule has 9 aromatic rings. The summed E-state index contributed by atoms with van der Waals surface area (Å²) in [5, 5.41) is 2.52. The molecule has 0 aliphatic carbocycles. The topological polar surface area (TPSA) is 34.0 Å². The van der Waals surface area contributed by atoms with Gasteiger partial charge in [0.05, 0.1) is 33.5 Å². The molecule has 0 unspecified atom stereocenters. The second kappa shape index (κ2) is 11.9. The van der Waals surface area contributed by atoms with Crippen LogP contribution in [0, 0.1) is 6.92 Å². The van der Waals surface area contributed by atoms with E-state index < -0.39 is 0 Å². The predicted molar refractivity (Wildman–Crippen MR) is 204 cm³/mol. The Labute approximate surface area is 285 Å². The van der Waals surface area contributed by atoms with Crippen molar-refractivity contribution >= 4 is 49.9 Å². The first-order valence-corrected chi connectivity index (χ1v) is 16.6. The standard InChI is InChI=1S/C45H32N4/c1-31-13-12-20-40-43(31)47-45(32-14-4-2-5-15-32)44(46-40)33-23-25-35(26-24-33)48(34-16-6-3-7-17-34)36-27-29-37(30-28-36)49-41-21-10-8-18-38(41)39-19-9-11-22-42(39)49/h2-30H,1H3. The van der Waals surface area contributed by atoms with E-state index in [0.717, 1.165) is 61.9 Å². The molecule has 0 radical (unpaired) electrons. The minimum atomic E-state index is 0.873. The minimum absolute atomic E-state index is 0.873. The molecular formula is C45H32N4. The first-order valence-electron chi connectivity index (χ1n) is 16.6. The average Bonchev–Trinajstić information content (AvgIpc) is 3.50. The van der Waals surface area contributed by atoms with Crippen molar-refractivity contribution < 1.29 is 0 Å². The normalized spacial score (nSPS) is 11.4. The van der Waals surface area contributed by atoms with Gasteiger partial charge >= 0.3 is 0 Å². The van der Waals surface area contributed by atoms with Gasteiger partial charge in [-0.3, -0.25) is 0 Å². The van der Waals surface area contributed by atoms with Crippen molar-refractivity contribution in [2.45, 2.75) is 6.92 Å². The van der Waals surface area contributed by atoms with E-state index in [1.165, 1.54) is 21.8 Å². The first kappa shape index (κ1) is 28.7. The van der Waals surface area contributed by atoms with Crippen LogP contribution in [-0.4, -0.2) is 14.5 Å². The summed E-state index contributed by atoms with van der Waals surface area (Å²) in [6.07, 6.45) is 0. The van der Waals surface area contributed by atoms with Gasteiger partial charge in [-0.1, -0.05) is 109 Å². The number of aromatic nitrogens is 3. The van der Waals surface area contributed by atoms with Crippen LogP contribution in [0.25, 0.3) is 61.0 Å². The summed E-state index contributed by atoms with van der Waals surface area (Å²) in [6.45, 7) is 2.09. The van der Waals surface area contributed by atoms with E-state index in [2.05, 4.69) is 174 Å². The van der Waals surface area contributed by atoms with Crippen LogP contribution >= 0.6 is 0 Å². The highest BCUT2D eigenvalue weighted by Crippen LogP contribution is 2.39. The van der Waals surface area contributed by atoms with Crippen LogP contribution in [0.5, 0.6) is 0 Å². The van der Waals surface area contributed by atoms with Crippen molar-refractivity contribution in [1.29, 1.82) is 0 Å². The third-order valence-corrected chi connectivity index (χ3v) is 9.30. The SMILES string of the molecule is Cc1cccc2nc(-c3ccc(N(c4ccccc4)c4ccc(-n5c6ccccc6c6ccccc65)cc4)cc3)c(-c3ccccc3)nc12. The highest BCUT2D eigenvalue weighted by molar-refractivity contribution is 6.09. The molecular weight excluding hydrogens is 597 g/mol. The average molecular weight is 629 g/mol. The quantitative estimate of drug-likeness (QED) is 0.184. The molecule has 2 heterocycles. The number of hydrogen-bond acceptors (Lipinski definition) is 3.